The second kappa shape index (κ2) is 5.55. The van der Waals surface area contributed by atoms with E-state index in [0.29, 0.717) is 22.7 Å². The van der Waals surface area contributed by atoms with Crippen LogP contribution in [0.3, 0.4) is 0 Å². The summed E-state index contributed by atoms with van der Waals surface area (Å²) in [5, 5.41) is 0.821. The van der Waals surface area contributed by atoms with Gasteiger partial charge < -0.3 is 9.40 Å². The van der Waals surface area contributed by atoms with Crippen molar-refractivity contribution in [2.75, 3.05) is 0 Å². The average molecular weight is 326 g/mol. The third kappa shape index (κ3) is 2.61. The number of fused-ring (bicyclic) bond motifs is 3. The molecule has 2 aromatic heterocycles. The summed E-state index contributed by atoms with van der Waals surface area (Å²) in [6.07, 6.45) is 0. The van der Waals surface area contributed by atoms with Crippen LogP contribution in [-0.4, -0.2) is 9.97 Å². The van der Waals surface area contributed by atoms with Gasteiger partial charge in [0.1, 0.15) is 22.7 Å². The lowest BCUT2D eigenvalue weighted by atomic mass is 10.2. The zero-order valence-electron chi connectivity index (χ0n) is 11.9. The van der Waals surface area contributed by atoms with Crippen LogP contribution in [0.4, 0.5) is 4.39 Å². The quantitative estimate of drug-likeness (QED) is 0.576. The molecule has 0 fully saturated rings. The molecular formula is C17H11FN2O2S. The third-order valence-corrected chi connectivity index (χ3v) is 4.49. The molecule has 114 valence electrons. The second-order valence-electron chi connectivity index (χ2n) is 5.03. The van der Waals surface area contributed by atoms with Gasteiger partial charge >= 0.3 is 0 Å². The van der Waals surface area contributed by atoms with Crippen LogP contribution < -0.4 is 5.56 Å². The van der Waals surface area contributed by atoms with Crippen LogP contribution >= 0.6 is 11.8 Å². The lowest BCUT2D eigenvalue weighted by Crippen LogP contribution is -2.10. The minimum Gasteiger partial charge on any atom is -0.449 e. The number of para-hydroxylation sites is 1. The number of nitrogens with one attached hydrogen (secondary N) is 1. The van der Waals surface area contributed by atoms with Crippen LogP contribution in [0.25, 0.3) is 22.1 Å². The number of benzene rings is 2. The van der Waals surface area contributed by atoms with Gasteiger partial charge in [0, 0.05) is 10.3 Å². The maximum atomic E-state index is 12.9. The van der Waals surface area contributed by atoms with Crippen molar-refractivity contribution in [3.05, 3.63) is 70.5 Å². The number of hydrogen-bond acceptors (Lipinski definition) is 4. The summed E-state index contributed by atoms with van der Waals surface area (Å²) in [5.41, 5.74) is 1.16. The summed E-state index contributed by atoms with van der Waals surface area (Å²) in [6.45, 7) is 0. The van der Waals surface area contributed by atoms with E-state index in [4.69, 9.17) is 4.42 Å². The predicted molar refractivity (Wildman–Crippen MR) is 88.1 cm³/mol. The molecule has 0 bridgehead atoms. The van der Waals surface area contributed by atoms with Gasteiger partial charge in [-0.05, 0) is 36.4 Å². The fraction of sp³-hybridized carbons (Fsp3) is 0.0588. The highest BCUT2D eigenvalue weighted by molar-refractivity contribution is 7.98. The number of halogens is 1. The van der Waals surface area contributed by atoms with E-state index in [2.05, 4.69) is 9.97 Å². The monoisotopic (exact) mass is 326 g/mol. The van der Waals surface area contributed by atoms with Crippen LogP contribution in [0.15, 0.2) is 62.6 Å². The van der Waals surface area contributed by atoms with E-state index in [1.165, 1.54) is 23.9 Å². The SMILES string of the molecule is O=c1[nH]c(CSc2ccc(F)cc2)nc2c1oc1ccccc12. The first-order valence-corrected chi connectivity index (χ1v) is 7.98. The Morgan fingerprint density at radius 2 is 1.91 bits per heavy atom. The zero-order valence-corrected chi connectivity index (χ0v) is 12.7. The first kappa shape index (κ1) is 14.0. The maximum absolute atomic E-state index is 12.9. The number of furan rings is 1. The van der Waals surface area contributed by atoms with Crippen molar-refractivity contribution in [3.8, 4) is 0 Å². The standard InChI is InChI=1S/C17H11FN2O2S/c18-10-5-7-11(8-6-10)23-9-14-19-15-12-3-1-2-4-13(12)22-16(15)17(21)20-14/h1-8H,9H2,(H,19,20,21). The molecule has 1 N–H and O–H groups in total. The summed E-state index contributed by atoms with van der Waals surface area (Å²) in [5.74, 6) is 0.770. The molecule has 4 nitrogen and oxygen atoms in total. The van der Waals surface area contributed by atoms with Crippen molar-refractivity contribution in [2.45, 2.75) is 10.6 Å². The minimum absolute atomic E-state index is 0.238. The van der Waals surface area contributed by atoms with Crippen molar-refractivity contribution in [3.63, 3.8) is 0 Å². The number of H-pyrrole nitrogens is 1. The van der Waals surface area contributed by atoms with Gasteiger partial charge in [-0.2, -0.15) is 0 Å². The number of rotatable bonds is 3. The summed E-state index contributed by atoms with van der Waals surface area (Å²) in [7, 11) is 0. The number of hydrogen-bond donors (Lipinski definition) is 1. The topological polar surface area (TPSA) is 58.9 Å². The van der Waals surface area contributed by atoms with Crippen molar-refractivity contribution < 1.29 is 8.81 Å². The second-order valence-corrected chi connectivity index (χ2v) is 6.08. The Balaban J connectivity index is 1.71. The maximum Gasteiger partial charge on any atom is 0.294 e. The van der Waals surface area contributed by atoms with E-state index in [-0.39, 0.29) is 17.0 Å². The molecule has 2 aromatic carbocycles. The lowest BCUT2D eigenvalue weighted by molar-refractivity contribution is 0.626. The molecule has 0 aliphatic rings. The summed E-state index contributed by atoms with van der Waals surface area (Å²) >= 11 is 1.48. The third-order valence-electron chi connectivity index (χ3n) is 3.47. The van der Waals surface area contributed by atoms with Crippen LogP contribution in [-0.2, 0) is 5.75 Å². The average Bonchev–Trinajstić information content (AvgIpc) is 2.94. The van der Waals surface area contributed by atoms with Gasteiger partial charge in [-0.15, -0.1) is 11.8 Å². The number of nitrogens with zero attached hydrogens (tertiary/aromatic N) is 1. The van der Waals surface area contributed by atoms with E-state index in [9.17, 15) is 9.18 Å². The van der Waals surface area contributed by atoms with Gasteiger partial charge in [0.25, 0.3) is 5.56 Å². The normalized spacial score (nSPS) is 11.3. The molecule has 0 amide bonds. The van der Waals surface area contributed by atoms with Crippen LogP contribution in [0.2, 0.25) is 0 Å². The van der Waals surface area contributed by atoms with Crippen molar-refractivity contribution >= 4 is 33.8 Å². The highest BCUT2D eigenvalue weighted by Gasteiger charge is 2.12. The summed E-state index contributed by atoms with van der Waals surface area (Å²) < 4.78 is 18.5. The van der Waals surface area contributed by atoms with Crippen molar-refractivity contribution in [1.82, 2.24) is 9.97 Å². The molecule has 23 heavy (non-hydrogen) atoms. The predicted octanol–water partition coefficient (Wildman–Crippen LogP) is 4.10. The van der Waals surface area contributed by atoms with E-state index in [0.717, 1.165) is 10.3 Å². The molecule has 0 radical (unpaired) electrons. The number of aromatic amines is 1. The summed E-state index contributed by atoms with van der Waals surface area (Å²) in [4.78, 5) is 20.3. The van der Waals surface area contributed by atoms with Gasteiger partial charge in [0.05, 0.1) is 5.75 Å². The highest BCUT2D eigenvalue weighted by atomic mass is 32.2. The molecule has 6 heteroatoms. The molecule has 4 aromatic rings. The molecule has 0 aliphatic heterocycles. The molecule has 0 saturated heterocycles. The number of aromatic nitrogens is 2. The van der Waals surface area contributed by atoms with Crippen LogP contribution in [0.1, 0.15) is 5.82 Å². The van der Waals surface area contributed by atoms with Gasteiger partial charge in [-0.1, -0.05) is 12.1 Å². The van der Waals surface area contributed by atoms with E-state index in [1.54, 1.807) is 12.1 Å². The van der Waals surface area contributed by atoms with E-state index >= 15 is 0 Å². The largest absolute Gasteiger partial charge is 0.449 e. The van der Waals surface area contributed by atoms with Gasteiger partial charge in [0.2, 0.25) is 5.58 Å². The Morgan fingerprint density at radius 1 is 1.13 bits per heavy atom. The Bertz CT molecular complexity index is 1050. The Labute approximate surface area is 134 Å². The molecule has 0 saturated carbocycles. The molecule has 4 rings (SSSR count). The Kier molecular flexibility index (Phi) is 3.38. The Morgan fingerprint density at radius 3 is 2.74 bits per heavy atom. The molecular weight excluding hydrogens is 315 g/mol. The Hall–Kier alpha value is -2.60. The smallest absolute Gasteiger partial charge is 0.294 e. The van der Waals surface area contributed by atoms with Gasteiger partial charge in [-0.3, -0.25) is 4.79 Å². The minimum atomic E-state index is -0.291. The van der Waals surface area contributed by atoms with Gasteiger partial charge in [-0.25, -0.2) is 9.37 Å². The van der Waals surface area contributed by atoms with Crippen molar-refractivity contribution in [2.24, 2.45) is 0 Å². The first-order valence-electron chi connectivity index (χ1n) is 6.99. The van der Waals surface area contributed by atoms with E-state index < -0.39 is 0 Å². The molecule has 0 spiro atoms. The van der Waals surface area contributed by atoms with Crippen LogP contribution in [0.5, 0.6) is 0 Å². The number of thioether (sulfide) groups is 1. The zero-order chi connectivity index (χ0) is 15.8. The fourth-order valence-corrected chi connectivity index (χ4v) is 3.17. The van der Waals surface area contributed by atoms with Crippen molar-refractivity contribution in [1.29, 1.82) is 0 Å². The van der Waals surface area contributed by atoms with E-state index in [1.807, 2.05) is 24.3 Å². The molecule has 2 heterocycles. The molecule has 0 atom stereocenters. The fourth-order valence-electron chi connectivity index (χ4n) is 2.40. The van der Waals surface area contributed by atoms with Crippen LogP contribution in [0, 0.1) is 5.82 Å². The van der Waals surface area contributed by atoms with Gasteiger partial charge in [0.15, 0.2) is 0 Å². The molecule has 0 unspecified atom stereocenters. The highest BCUT2D eigenvalue weighted by Crippen LogP contribution is 2.26. The molecule has 0 aliphatic carbocycles. The summed E-state index contributed by atoms with van der Waals surface area (Å²) in [6, 6.07) is 13.6. The first-order chi connectivity index (χ1) is 11.2. The lowest BCUT2D eigenvalue weighted by Gasteiger charge is -2.01.